The molecule has 0 saturated heterocycles. The van der Waals surface area contributed by atoms with Gasteiger partial charge in [-0.05, 0) is 25.1 Å². The maximum atomic E-state index is 14.1. The van der Waals surface area contributed by atoms with Crippen LogP contribution in [0.4, 0.5) is 26.3 Å². The number of nitrogens with zero attached hydrogens (tertiary/aromatic N) is 5. The smallest absolute Gasteiger partial charge is 0.425 e. The Hall–Kier alpha value is -2.96. The topological polar surface area (TPSA) is 74.4 Å². The van der Waals surface area contributed by atoms with Crippen LogP contribution < -0.4 is 4.74 Å². The zero-order valence-electron chi connectivity index (χ0n) is 14.2. The number of methoxy groups -OCH3 is 1. The lowest BCUT2D eigenvalue weighted by molar-refractivity contribution is -0.238. The largest absolute Gasteiger partial charge is 0.463 e. The molecule has 0 spiro atoms. The molecule has 150 valence electrons. The minimum absolute atomic E-state index is 0.00629. The van der Waals surface area contributed by atoms with Gasteiger partial charge in [0.05, 0.1) is 5.69 Å². The van der Waals surface area contributed by atoms with Gasteiger partial charge in [-0.2, -0.15) is 31.6 Å². The van der Waals surface area contributed by atoms with Gasteiger partial charge in [0.25, 0.3) is 11.7 Å². The summed E-state index contributed by atoms with van der Waals surface area (Å²) in [6, 6.07) is 3.44. The number of pyridine rings is 1. The molecule has 3 aromatic heterocycles. The first-order valence-electron chi connectivity index (χ1n) is 7.58. The second-order valence-corrected chi connectivity index (χ2v) is 5.55. The van der Waals surface area contributed by atoms with Gasteiger partial charge in [0.2, 0.25) is 0 Å². The van der Waals surface area contributed by atoms with Crippen LogP contribution in [0.3, 0.4) is 0 Å². The average Bonchev–Trinajstić information content (AvgIpc) is 3.06. The number of fused-ring (bicyclic) bond motifs is 1. The van der Waals surface area contributed by atoms with Gasteiger partial charge in [0, 0.05) is 18.9 Å². The molecule has 3 heterocycles. The van der Waals surface area contributed by atoms with Crippen molar-refractivity contribution >= 4 is 5.65 Å². The molecule has 0 saturated carbocycles. The van der Waals surface area contributed by atoms with Crippen molar-refractivity contribution < 1.29 is 35.8 Å². The predicted molar refractivity (Wildman–Crippen MR) is 81.0 cm³/mol. The first-order valence-corrected chi connectivity index (χ1v) is 7.58. The van der Waals surface area contributed by atoms with Crippen LogP contribution >= 0.6 is 0 Å². The summed E-state index contributed by atoms with van der Waals surface area (Å²) >= 11 is 0. The van der Waals surface area contributed by atoms with Crippen molar-refractivity contribution in [3.05, 3.63) is 36.0 Å². The van der Waals surface area contributed by atoms with Gasteiger partial charge >= 0.3 is 12.3 Å². The van der Waals surface area contributed by atoms with E-state index >= 15 is 0 Å². The molecule has 0 aliphatic carbocycles. The van der Waals surface area contributed by atoms with Gasteiger partial charge in [0.1, 0.15) is 0 Å². The molecule has 0 radical (unpaired) electrons. The van der Waals surface area contributed by atoms with Crippen molar-refractivity contribution in [2.24, 2.45) is 0 Å². The second kappa shape index (κ2) is 6.89. The fourth-order valence-electron chi connectivity index (χ4n) is 2.10. The molecule has 13 heteroatoms. The number of rotatable bonds is 5. The van der Waals surface area contributed by atoms with Crippen molar-refractivity contribution in [1.29, 1.82) is 0 Å². The molecule has 0 N–H and O–H groups in total. The fraction of sp³-hybridized carbons (Fsp3) is 0.333. The summed E-state index contributed by atoms with van der Waals surface area (Å²) < 4.78 is 88.4. The van der Waals surface area contributed by atoms with Crippen molar-refractivity contribution in [2.75, 3.05) is 7.11 Å². The monoisotopic (exact) mass is 407 g/mol. The molecule has 3 aromatic rings. The van der Waals surface area contributed by atoms with Gasteiger partial charge in [-0.25, -0.2) is 9.37 Å². The number of halogens is 6. The van der Waals surface area contributed by atoms with E-state index in [0.717, 1.165) is 19.4 Å². The zero-order valence-corrected chi connectivity index (χ0v) is 14.2. The third-order valence-corrected chi connectivity index (χ3v) is 3.63. The number of hydrogen-bond donors (Lipinski definition) is 0. The second-order valence-electron chi connectivity index (χ2n) is 5.55. The number of alkyl halides is 5. The Morgan fingerprint density at radius 3 is 2.43 bits per heavy atom. The van der Waals surface area contributed by atoms with E-state index in [2.05, 4.69) is 29.8 Å². The molecule has 0 aliphatic heterocycles. The van der Waals surface area contributed by atoms with Crippen molar-refractivity contribution in [3.8, 4) is 17.1 Å². The molecule has 1 atom stereocenters. The van der Waals surface area contributed by atoms with Crippen LogP contribution in [0.5, 0.6) is 5.88 Å². The number of aromatic nitrogens is 5. The van der Waals surface area contributed by atoms with E-state index in [-0.39, 0.29) is 16.9 Å². The Kier molecular flexibility index (Phi) is 4.87. The van der Waals surface area contributed by atoms with E-state index in [0.29, 0.717) is 11.4 Å². The molecule has 0 amide bonds. The Bertz CT molecular complexity index is 1010. The van der Waals surface area contributed by atoms with Crippen LogP contribution in [0, 0.1) is 5.82 Å². The lowest BCUT2D eigenvalue weighted by Gasteiger charge is -2.17. The highest BCUT2D eigenvalue weighted by atomic mass is 19.4. The summed E-state index contributed by atoms with van der Waals surface area (Å²) in [6.07, 6.45) is -9.75. The molecular formula is C15H11F6N5O2. The lowest BCUT2D eigenvalue weighted by Crippen LogP contribution is -2.31. The van der Waals surface area contributed by atoms with Crippen LogP contribution in [0.2, 0.25) is 0 Å². The molecule has 0 bridgehead atoms. The summed E-state index contributed by atoms with van der Waals surface area (Å²) in [7, 11) is 0.769. The van der Waals surface area contributed by atoms with E-state index in [1.54, 1.807) is 0 Å². The number of ether oxygens (including phenoxy) is 2. The van der Waals surface area contributed by atoms with Gasteiger partial charge in [-0.3, -0.25) is 0 Å². The summed E-state index contributed by atoms with van der Waals surface area (Å²) in [4.78, 5) is 3.51. The van der Waals surface area contributed by atoms with E-state index in [1.165, 1.54) is 12.1 Å². The number of hydrogen-bond acceptors (Lipinski definition) is 6. The molecule has 0 aliphatic rings. The zero-order chi connectivity index (χ0) is 20.7. The van der Waals surface area contributed by atoms with Gasteiger partial charge < -0.3 is 9.47 Å². The first kappa shape index (κ1) is 19.8. The minimum Gasteiger partial charge on any atom is -0.463 e. The maximum absolute atomic E-state index is 14.1. The predicted octanol–water partition coefficient (Wildman–Crippen LogP) is 3.35. The van der Waals surface area contributed by atoms with Gasteiger partial charge in [-0.15, -0.1) is 10.2 Å². The standard InChI is InChI=1S/C15H11F6N5O2/c1-7(14(17,18)19)28-12-9(16)5-8(6-22-12)10-3-4-11-23-24-13(26(11)25-10)15(20,21)27-2/h3-7H,1-2H3. The van der Waals surface area contributed by atoms with E-state index < -0.39 is 35.9 Å². The van der Waals surface area contributed by atoms with Crippen molar-refractivity contribution in [1.82, 2.24) is 24.8 Å². The quantitative estimate of drug-likeness (QED) is 0.604. The van der Waals surface area contributed by atoms with Gasteiger partial charge in [0.15, 0.2) is 17.6 Å². The highest BCUT2D eigenvalue weighted by molar-refractivity contribution is 5.59. The summed E-state index contributed by atoms with van der Waals surface area (Å²) in [5.74, 6) is -2.94. The SMILES string of the molecule is COC(F)(F)c1nnc2ccc(-c3cnc(OC(C)C(F)(F)F)c(F)c3)nn12. The van der Waals surface area contributed by atoms with E-state index in [4.69, 9.17) is 0 Å². The summed E-state index contributed by atoms with van der Waals surface area (Å²) in [5.41, 5.74) is -0.0306. The average molecular weight is 407 g/mol. The molecular weight excluding hydrogens is 396 g/mol. The van der Waals surface area contributed by atoms with E-state index in [1.807, 2.05) is 0 Å². The third kappa shape index (κ3) is 3.69. The third-order valence-electron chi connectivity index (χ3n) is 3.63. The Morgan fingerprint density at radius 1 is 1.11 bits per heavy atom. The minimum atomic E-state index is -4.70. The lowest BCUT2D eigenvalue weighted by atomic mass is 10.2. The highest BCUT2D eigenvalue weighted by Crippen LogP contribution is 2.29. The highest BCUT2D eigenvalue weighted by Gasteiger charge is 2.39. The van der Waals surface area contributed by atoms with Gasteiger partial charge in [-0.1, -0.05) is 0 Å². The fourth-order valence-corrected chi connectivity index (χ4v) is 2.10. The van der Waals surface area contributed by atoms with E-state index in [9.17, 15) is 26.3 Å². The van der Waals surface area contributed by atoms with Crippen LogP contribution in [-0.2, 0) is 10.8 Å². The molecule has 7 nitrogen and oxygen atoms in total. The Balaban J connectivity index is 1.97. The molecule has 0 aromatic carbocycles. The Morgan fingerprint density at radius 2 is 1.82 bits per heavy atom. The summed E-state index contributed by atoms with van der Waals surface area (Å²) in [6.45, 7) is 0.702. The van der Waals surface area contributed by atoms with Crippen molar-refractivity contribution in [2.45, 2.75) is 25.3 Å². The normalized spacial score (nSPS) is 13.7. The molecule has 28 heavy (non-hydrogen) atoms. The van der Waals surface area contributed by atoms with Crippen molar-refractivity contribution in [3.63, 3.8) is 0 Å². The van der Waals surface area contributed by atoms with Crippen LogP contribution in [0.1, 0.15) is 12.7 Å². The Labute approximate surface area is 152 Å². The van der Waals surface area contributed by atoms with Crippen LogP contribution in [0.25, 0.3) is 16.9 Å². The first-order chi connectivity index (χ1) is 13.0. The molecule has 1 unspecified atom stereocenters. The molecule has 3 rings (SSSR count). The summed E-state index contributed by atoms with van der Waals surface area (Å²) in [5, 5.41) is 10.7. The molecule has 0 fully saturated rings. The maximum Gasteiger partial charge on any atom is 0.425 e. The van der Waals surface area contributed by atoms with Crippen LogP contribution in [0.15, 0.2) is 24.4 Å². The van der Waals surface area contributed by atoms with Crippen LogP contribution in [-0.4, -0.2) is 44.2 Å².